The first-order valence-corrected chi connectivity index (χ1v) is 24.5. The molecule has 0 atom stereocenters. The number of phenolic OH excluding ortho intramolecular Hbond substituents is 1. The number of benzene rings is 10. The van der Waals surface area contributed by atoms with E-state index < -0.39 is 0 Å². The lowest BCUT2D eigenvalue weighted by atomic mass is 10.0. The molecule has 0 saturated heterocycles. The number of hydrogen-bond donors (Lipinski definition) is 3. The van der Waals surface area contributed by atoms with Gasteiger partial charge in [0.05, 0.1) is 37.5 Å². The van der Waals surface area contributed by atoms with Gasteiger partial charge < -0.3 is 44.3 Å². The molecule has 10 aromatic rings. The van der Waals surface area contributed by atoms with Crippen molar-refractivity contribution >= 4 is 72.5 Å². The highest BCUT2D eigenvalue weighted by Gasteiger charge is 2.23. The predicted octanol–water partition coefficient (Wildman–Crippen LogP) is 14.3. The van der Waals surface area contributed by atoms with Crippen LogP contribution in [0, 0.1) is 0 Å². The van der Waals surface area contributed by atoms with Gasteiger partial charge >= 0.3 is 5.97 Å². The predicted molar refractivity (Wildman–Crippen MR) is 323 cm³/mol. The van der Waals surface area contributed by atoms with Crippen molar-refractivity contribution in [2.45, 2.75) is 35.5 Å². The number of aliphatic hydroxyl groups is 1. The minimum atomic E-state index is -0.244. The topological polar surface area (TPSA) is 164 Å². The zero-order valence-electron chi connectivity index (χ0n) is 43.4. The Labute approximate surface area is 468 Å². The van der Waals surface area contributed by atoms with Gasteiger partial charge in [0.1, 0.15) is 35.4 Å². The van der Waals surface area contributed by atoms with Crippen LogP contribution in [0.4, 0.5) is 5.69 Å². The fraction of sp³-hybridized carbons (Fsp3) is 0.164. The van der Waals surface area contributed by atoms with Crippen LogP contribution in [0.2, 0.25) is 0 Å². The number of nitrogens with zero attached hydrogens (tertiary/aromatic N) is 2. The fourth-order valence-electron chi connectivity index (χ4n) is 8.74. The lowest BCUT2D eigenvalue weighted by Gasteiger charge is -2.15. The second-order valence-corrected chi connectivity index (χ2v) is 18.1. The average Bonchev–Trinajstić information content (AvgIpc) is 3.98. The molecule has 0 aliphatic carbocycles. The number of amides is 3. The van der Waals surface area contributed by atoms with E-state index in [2.05, 4.69) is 5.32 Å². The van der Waals surface area contributed by atoms with Crippen LogP contribution in [-0.2, 0) is 13.2 Å². The van der Waals surface area contributed by atoms with Gasteiger partial charge in [0.25, 0.3) is 17.7 Å². The third kappa shape index (κ3) is 13.9. The average molecular weight is 1080 g/mol. The first-order chi connectivity index (χ1) is 37.3. The summed E-state index contributed by atoms with van der Waals surface area (Å²) in [6, 6.07) is 60.3. The molecule has 80 heavy (non-hydrogen) atoms. The van der Waals surface area contributed by atoms with Crippen LogP contribution in [-0.4, -0.2) is 86.1 Å². The zero-order chi connectivity index (χ0) is 54.6. The van der Waals surface area contributed by atoms with Crippen LogP contribution in [0.3, 0.4) is 0 Å². The van der Waals surface area contributed by atoms with Gasteiger partial charge in [-0.25, -0.2) is 4.79 Å². The summed E-state index contributed by atoms with van der Waals surface area (Å²) in [4.78, 5) is 50.3. The van der Waals surface area contributed by atoms with Crippen molar-refractivity contribution in [3.05, 3.63) is 228 Å². The van der Waals surface area contributed by atoms with Crippen molar-refractivity contribution < 1.29 is 48.3 Å². The van der Waals surface area contributed by atoms with Crippen molar-refractivity contribution in [2.24, 2.45) is 0 Å². The SMILES string of the molecule is C.C.C.CN(C)C(=O)c1cccc2cccc(O)c12.COc1ccc(CO)cc1.COc1ccc(COc2cccc3cccc(C(=O)N(C)C)c23)cc1.O=C1Nc2cccc3cccc1c23.O=C1Oc2cccc3cccc1c23. The summed E-state index contributed by atoms with van der Waals surface area (Å²) in [6.45, 7) is 0.511. The van der Waals surface area contributed by atoms with E-state index >= 15 is 0 Å². The van der Waals surface area contributed by atoms with E-state index in [9.17, 15) is 24.3 Å². The number of nitrogens with one attached hydrogen (secondary N) is 1. The lowest BCUT2D eigenvalue weighted by Crippen LogP contribution is -2.22. The van der Waals surface area contributed by atoms with Crippen molar-refractivity contribution in [1.29, 1.82) is 0 Å². The summed E-state index contributed by atoms with van der Waals surface area (Å²) in [7, 11) is 10.2. The Bertz CT molecular complexity index is 3620. The summed E-state index contributed by atoms with van der Waals surface area (Å²) < 4.78 is 21.2. The maximum atomic E-state index is 12.5. The molecule has 3 amide bonds. The van der Waals surface area contributed by atoms with Gasteiger partial charge in [-0.3, -0.25) is 14.4 Å². The summed E-state index contributed by atoms with van der Waals surface area (Å²) in [6.07, 6.45) is 0. The normalized spacial score (nSPS) is 10.9. The second-order valence-electron chi connectivity index (χ2n) is 18.1. The van der Waals surface area contributed by atoms with Crippen LogP contribution in [0.25, 0.3) is 43.1 Å². The molecular formula is C67H69N3O10. The highest BCUT2D eigenvalue weighted by molar-refractivity contribution is 6.24. The summed E-state index contributed by atoms with van der Waals surface area (Å²) in [5, 5.41) is 28.8. The highest BCUT2D eigenvalue weighted by atomic mass is 16.5. The smallest absolute Gasteiger partial charge is 0.344 e. The molecule has 12 rings (SSSR count). The van der Waals surface area contributed by atoms with Gasteiger partial charge in [0, 0.05) is 61.0 Å². The Morgan fingerprint density at radius 3 is 1.48 bits per heavy atom. The van der Waals surface area contributed by atoms with Gasteiger partial charge in [0.2, 0.25) is 0 Å². The van der Waals surface area contributed by atoms with E-state index in [4.69, 9.17) is 24.1 Å². The maximum Gasteiger partial charge on any atom is 0.344 e. The maximum absolute atomic E-state index is 12.5. The monoisotopic (exact) mass is 1080 g/mol. The van der Waals surface area contributed by atoms with Crippen LogP contribution in [0.15, 0.2) is 194 Å². The number of carbonyl (C=O) groups is 4. The molecule has 0 saturated carbocycles. The second kappa shape index (κ2) is 28.1. The third-order valence-corrected chi connectivity index (χ3v) is 12.6. The minimum Gasteiger partial charge on any atom is -0.507 e. The summed E-state index contributed by atoms with van der Waals surface area (Å²) in [5.41, 5.74) is 5.50. The van der Waals surface area contributed by atoms with Gasteiger partial charge in [-0.1, -0.05) is 144 Å². The van der Waals surface area contributed by atoms with Crippen molar-refractivity contribution in [2.75, 3.05) is 47.7 Å². The standard InChI is InChI=1S/C21H21NO3.C13H13NO2.C11H7NO.C11H6O2.C8H10O2.3CH4/c1-22(2)21(23)18-8-4-6-16-7-5-9-19(20(16)18)25-14-15-10-12-17(24-3)13-11-15;1-14(2)13(16)10-7-3-5-9-6-4-8-11(15)12(9)10;13-11-8-5-1-3-7-4-2-6-9(12-11)10(7)8;12-11-8-5-1-3-7-4-2-6-9(13-11)10(7)8;1-10-8-4-2-7(6-9)3-5-8;;;/h4-13H,14H2,1-3H3;3-8,15H,1-2H3;1-6H,(H,12,13);1-6H;2-5,9H,6H2,1H3;3*1H4. The van der Waals surface area contributed by atoms with Crippen LogP contribution in [0.1, 0.15) is 74.8 Å². The Morgan fingerprint density at radius 2 is 0.938 bits per heavy atom. The number of methoxy groups -OCH3 is 2. The molecule has 0 radical (unpaired) electrons. The molecule has 0 spiro atoms. The van der Waals surface area contributed by atoms with Crippen LogP contribution >= 0.6 is 0 Å². The first-order valence-electron chi connectivity index (χ1n) is 24.5. The molecule has 0 unspecified atom stereocenters. The van der Waals surface area contributed by atoms with Crippen molar-refractivity contribution in [3.8, 4) is 28.7 Å². The highest BCUT2D eigenvalue weighted by Crippen LogP contribution is 2.36. The number of anilines is 1. The Balaban J connectivity index is 0.000000189. The summed E-state index contributed by atoms with van der Waals surface area (Å²) >= 11 is 0. The first kappa shape index (κ1) is 61.1. The zero-order valence-corrected chi connectivity index (χ0v) is 43.4. The van der Waals surface area contributed by atoms with Gasteiger partial charge in [-0.05, 0) is 105 Å². The number of aromatic hydroxyl groups is 1. The molecule has 0 bridgehead atoms. The van der Waals surface area contributed by atoms with E-state index in [-0.39, 0.29) is 58.3 Å². The fourth-order valence-corrected chi connectivity index (χ4v) is 8.74. The Morgan fingerprint density at radius 1 is 0.500 bits per heavy atom. The Hall–Kier alpha value is -9.72. The number of aliphatic hydroxyl groups excluding tert-OH is 1. The third-order valence-electron chi connectivity index (χ3n) is 12.6. The number of rotatable bonds is 8. The molecule has 2 aliphatic rings. The number of fused-ring (bicyclic) bond motifs is 2. The molecule has 2 aliphatic heterocycles. The van der Waals surface area contributed by atoms with Gasteiger partial charge in [-0.15, -0.1) is 0 Å². The van der Waals surface area contributed by atoms with E-state index in [0.717, 1.165) is 71.6 Å². The van der Waals surface area contributed by atoms with Gasteiger partial charge in [-0.2, -0.15) is 0 Å². The summed E-state index contributed by atoms with van der Waals surface area (Å²) in [5.74, 6) is 2.78. The number of phenols is 1. The molecule has 13 heteroatoms. The quantitative estimate of drug-likeness (QED) is 0.0985. The largest absolute Gasteiger partial charge is 0.507 e. The van der Waals surface area contributed by atoms with E-state index in [1.165, 1.54) is 4.90 Å². The molecule has 3 N–H and O–H groups in total. The van der Waals surface area contributed by atoms with Crippen molar-refractivity contribution in [1.82, 2.24) is 9.80 Å². The lowest BCUT2D eigenvalue weighted by molar-refractivity contribution is 0.0752. The molecule has 412 valence electrons. The molecular weight excluding hydrogens is 1010 g/mol. The number of carbonyl (C=O) groups excluding carboxylic acids is 4. The Kier molecular flexibility index (Phi) is 21.4. The minimum absolute atomic E-state index is 0. The molecule has 10 aromatic carbocycles. The molecule has 2 heterocycles. The molecule has 13 nitrogen and oxygen atoms in total. The van der Waals surface area contributed by atoms with Gasteiger partial charge in [0.15, 0.2) is 0 Å². The number of esters is 1. The van der Waals surface area contributed by atoms with E-state index in [1.807, 2.05) is 170 Å². The number of ether oxygens (including phenoxy) is 4. The molecule has 0 fully saturated rings. The van der Waals surface area contributed by atoms with E-state index in [0.29, 0.717) is 40.2 Å². The van der Waals surface area contributed by atoms with Crippen molar-refractivity contribution in [3.63, 3.8) is 0 Å². The molecule has 0 aromatic heterocycles. The van der Waals surface area contributed by atoms with E-state index in [1.54, 1.807) is 71.6 Å². The van der Waals surface area contributed by atoms with Crippen LogP contribution in [0.5, 0.6) is 28.7 Å². The van der Waals surface area contributed by atoms with Crippen LogP contribution < -0.4 is 24.3 Å². The number of hydrogen-bond acceptors (Lipinski definition) is 10.